The van der Waals surface area contributed by atoms with Crippen LogP contribution in [0.4, 0.5) is 11.7 Å². The Balaban J connectivity index is 1.57. The van der Waals surface area contributed by atoms with Crippen molar-refractivity contribution in [3.8, 4) is 5.75 Å². The van der Waals surface area contributed by atoms with E-state index in [9.17, 15) is 4.79 Å². The summed E-state index contributed by atoms with van der Waals surface area (Å²) in [5.74, 6) is 0.347. The summed E-state index contributed by atoms with van der Waals surface area (Å²) in [5, 5.41) is 11.5. The van der Waals surface area contributed by atoms with Gasteiger partial charge in [0.05, 0.1) is 12.7 Å². The van der Waals surface area contributed by atoms with Crippen molar-refractivity contribution < 1.29 is 13.9 Å². The van der Waals surface area contributed by atoms with Gasteiger partial charge in [0.25, 0.3) is 11.7 Å². The fourth-order valence-electron chi connectivity index (χ4n) is 2.54. The molecule has 0 saturated heterocycles. The Labute approximate surface area is 142 Å². The van der Waals surface area contributed by atoms with Crippen LogP contribution in [0.15, 0.2) is 59.1 Å². The summed E-state index contributed by atoms with van der Waals surface area (Å²) in [6, 6.07) is 14.9. The number of aromatic nitrogens is 3. The number of benzene rings is 2. The lowest BCUT2D eigenvalue weighted by Crippen LogP contribution is -2.00. The SMILES string of the molecule is COc1ccc(Nc2nnc(C(=O)c3c[nH]c4ccccc34)o2)cc1. The summed E-state index contributed by atoms with van der Waals surface area (Å²) in [6.45, 7) is 0. The Morgan fingerprint density at radius 1 is 1.12 bits per heavy atom. The first-order valence-corrected chi connectivity index (χ1v) is 7.60. The number of ketones is 1. The van der Waals surface area contributed by atoms with Gasteiger partial charge in [-0.3, -0.25) is 4.79 Å². The molecule has 4 aromatic rings. The summed E-state index contributed by atoms with van der Waals surface area (Å²) in [7, 11) is 1.60. The number of H-pyrrole nitrogens is 1. The number of anilines is 2. The van der Waals surface area contributed by atoms with E-state index in [1.807, 2.05) is 36.4 Å². The van der Waals surface area contributed by atoms with E-state index in [0.29, 0.717) is 5.56 Å². The minimum atomic E-state index is -0.326. The van der Waals surface area contributed by atoms with Crippen molar-refractivity contribution in [2.24, 2.45) is 0 Å². The molecular formula is C18H14N4O3. The van der Waals surface area contributed by atoms with E-state index >= 15 is 0 Å². The lowest BCUT2D eigenvalue weighted by atomic mass is 10.1. The van der Waals surface area contributed by atoms with E-state index in [-0.39, 0.29) is 17.7 Å². The smallest absolute Gasteiger partial charge is 0.320 e. The molecule has 7 nitrogen and oxygen atoms in total. The summed E-state index contributed by atoms with van der Waals surface area (Å²) in [6.07, 6.45) is 1.65. The number of nitrogens with zero attached hydrogens (tertiary/aromatic N) is 2. The molecule has 2 N–H and O–H groups in total. The van der Waals surface area contributed by atoms with Crippen LogP contribution in [0.2, 0.25) is 0 Å². The number of carbonyl (C=O) groups excluding carboxylic acids is 1. The molecule has 0 saturated carbocycles. The first-order valence-electron chi connectivity index (χ1n) is 7.60. The molecule has 0 aliphatic rings. The van der Waals surface area contributed by atoms with Crippen LogP contribution < -0.4 is 10.1 Å². The van der Waals surface area contributed by atoms with E-state index in [1.54, 1.807) is 25.4 Å². The average Bonchev–Trinajstić information content (AvgIpc) is 3.29. The maximum atomic E-state index is 12.6. The summed E-state index contributed by atoms with van der Waals surface area (Å²) in [5.41, 5.74) is 2.12. The standard InChI is InChI=1S/C18H14N4O3/c1-24-12-8-6-11(7-9-12)20-18-22-21-17(25-18)16(23)14-10-19-15-5-3-2-4-13(14)15/h2-10,19H,1H3,(H,20,22). The van der Waals surface area contributed by atoms with Gasteiger partial charge in [-0.1, -0.05) is 23.3 Å². The van der Waals surface area contributed by atoms with Crippen molar-refractivity contribution in [3.05, 3.63) is 66.2 Å². The third kappa shape index (κ3) is 2.83. The molecule has 7 heteroatoms. The van der Waals surface area contributed by atoms with Crippen molar-refractivity contribution in [1.29, 1.82) is 0 Å². The Morgan fingerprint density at radius 2 is 1.92 bits per heavy atom. The Morgan fingerprint density at radius 3 is 2.72 bits per heavy atom. The Hall–Kier alpha value is -3.61. The largest absolute Gasteiger partial charge is 0.497 e. The molecule has 0 radical (unpaired) electrons. The molecular weight excluding hydrogens is 320 g/mol. The van der Waals surface area contributed by atoms with Crippen molar-refractivity contribution in [3.63, 3.8) is 0 Å². The Kier molecular flexibility index (Phi) is 3.66. The van der Waals surface area contributed by atoms with Crippen molar-refractivity contribution in [2.45, 2.75) is 0 Å². The fraction of sp³-hybridized carbons (Fsp3) is 0.0556. The number of rotatable bonds is 5. The van der Waals surface area contributed by atoms with Gasteiger partial charge in [0, 0.05) is 22.8 Å². The fourth-order valence-corrected chi connectivity index (χ4v) is 2.54. The number of fused-ring (bicyclic) bond motifs is 1. The van der Waals surface area contributed by atoms with Gasteiger partial charge >= 0.3 is 6.01 Å². The topological polar surface area (TPSA) is 93.0 Å². The summed E-state index contributed by atoms with van der Waals surface area (Å²) >= 11 is 0. The van der Waals surface area contributed by atoms with Gasteiger partial charge in [-0.25, -0.2) is 0 Å². The second kappa shape index (κ2) is 6.12. The molecule has 0 spiro atoms. The average molecular weight is 334 g/mol. The van der Waals surface area contributed by atoms with E-state index in [2.05, 4.69) is 20.5 Å². The van der Waals surface area contributed by atoms with Gasteiger partial charge in [-0.15, -0.1) is 5.10 Å². The monoisotopic (exact) mass is 334 g/mol. The molecule has 25 heavy (non-hydrogen) atoms. The first kappa shape index (κ1) is 14.9. The lowest BCUT2D eigenvalue weighted by molar-refractivity contribution is 0.100. The predicted octanol–water partition coefficient (Wildman–Crippen LogP) is 3.53. The second-order valence-corrected chi connectivity index (χ2v) is 5.34. The third-order valence-electron chi connectivity index (χ3n) is 3.79. The van der Waals surface area contributed by atoms with Crippen LogP contribution >= 0.6 is 0 Å². The maximum Gasteiger partial charge on any atom is 0.320 e. The highest BCUT2D eigenvalue weighted by Crippen LogP contribution is 2.23. The number of hydrogen-bond acceptors (Lipinski definition) is 6. The maximum absolute atomic E-state index is 12.6. The van der Waals surface area contributed by atoms with Gasteiger partial charge in [0.15, 0.2) is 0 Å². The number of carbonyl (C=O) groups is 1. The zero-order chi connectivity index (χ0) is 17.2. The van der Waals surface area contributed by atoms with Crippen LogP contribution in [0.1, 0.15) is 16.2 Å². The number of nitrogens with one attached hydrogen (secondary N) is 2. The van der Waals surface area contributed by atoms with Gasteiger partial charge in [0.2, 0.25) is 0 Å². The van der Waals surface area contributed by atoms with Crippen LogP contribution in [-0.2, 0) is 0 Å². The van der Waals surface area contributed by atoms with Gasteiger partial charge < -0.3 is 19.5 Å². The molecule has 2 heterocycles. The number of aromatic amines is 1. The number of hydrogen-bond donors (Lipinski definition) is 2. The van der Waals surface area contributed by atoms with E-state index in [0.717, 1.165) is 22.3 Å². The van der Waals surface area contributed by atoms with Crippen LogP contribution in [-0.4, -0.2) is 28.1 Å². The van der Waals surface area contributed by atoms with Crippen LogP contribution in [0, 0.1) is 0 Å². The third-order valence-corrected chi connectivity index (χ3v) is 3.79. The minimum Gasteiger partial charge on any atom is -0.497 e. The molecule has 0 amide bonds. The van der Waals surface area contributed by atoms with Crippen molar-refractivity contribution in [1.82, 2.24) is 15.2 Å². The van der Waals surface area contributed by atoms with Crippen LogP contribution in [0.5, 0.6) is 5.75 Å². The highest BCUT2D eigenvalue weighted by Gasteiger charge is 2.20. The van der Waals surface area contributed by atoms with Crippen LogP contribution in [0.3, 0.4) is 0 Å². The highest BCUT2D eigenvalue weighted by atomic mass is 16.5. The second-order valence-electron chi connectivity index (χ2n) is 5.34. The quantitative estimate of drug-likeness (QED) is 0.542. The minimum absolute atomic E-state index is 0.0687. The normalized spacial score (nSPS) is 10.8. The summed E-state index contributed by atoms with van der Waals surface area (Å²) in [4.78, 5) is 15.7. The molecule has 124 valence electrons. The molecule has 0 bridgehead atoms. The molecule has 0 aliphatic carbocycles. The number of methoxy groups -OCH3 is 1. The van der Waals surface area contributed by atoms with Gasteiger partial charge in [-0.2, -0.15) is 0 Å². The zero-order valence-electron chi connectivity index (χ0n) is 13.3. The molecule has 2 aromatic carbocycles. The zero-order valence-corrected chi connectivity index (χ0v) is 13.3. The molecule has 2 aromatic heterocycles. The number of para-hydroxylation sites is 1. The molecule has 0 fully saturated rings. The van der Waals surface area contributed by atoms with Crippen LogP contribution in [0.25, 0.3) is 10.9 Å². The van der Waals surface area contributed by atoms with Crippen molar-refractivity contribution >= 4 is 28.4 Å². The van der Waals surface area contributed by atoms with E-state index in [4.69, 9.17) is 9.15 Å². The Bertz CT molecular complexity index is 1030. The van der Waals surface area contributed by atoms with E-state index < -0.39 is 0 Å². The lowest BCUT2D eigenvalue weighted by Gasteiger charge is -2.02. The number of ether oxygens (including phenoxy) is 1. The van der Waals surface area contributed by atoms with Gasteiger partial charge in [-0.05, 0) is 30.3 Å². The van der Waals surface area contributed by atoms with E-state index in [1.165, 1.54) is 0 Å². The summed E-state index contributed by atoms with van der Waals surface area (Å²) < 4.78 is 10.6. The molecule has 0 unspecified atom stereocenters. The molecule has 4 rings (SSSR count). The van der Waals surface area contributed by atoms with Crippen molar-refractivity contribution in [2.75, 3.05) is 12.4 Å². The van der Waals surface area contributed by atoms with Gasteiger partial charge in [0.1, 0.15) is 5.75 Å². The predicted molar refractivity (Wildman–Crippen MR) is 92.3 cm³/mol. The molecule has 0 aliphatic heterocycles. The highest BCUT2D eigenvalue weighted by molar-refractivity contribution is 6.14. The first-order chi connectivity index (χ1) is 12.2. The molecule has 0 atom stereocenters.